The van der Waals surface area contributed by atoms with Crippen molar-refractivity contribution in [2.24, 2.45) is 0 Å². The van der Waals surface area contributed by atoms with Gasteiger partial charge >= 0.3 is 0 Å². The Labute approximate surface area is 101 Å². The van der Waals surface area contributed by atoms with Crippen LogP contribution in [0.5, 0.6) is 0 Å². The van der Waals surface area contributed by atoms with E-state index < -0.39 is 0 Å². The van der Waals surface area contributed by atoms with E-state index in [2.05, 4.69) is 10.2 Å². The van der Waals surface area contributed by atoms with E-state index in [1.807, 2.05) is 0 Å². The van der Waals surface area contributed by atoms with E-state index in [-0.39, 0.29) is 15.4 Å². The molecule has 0 atom stereocenters. The molecule has 5 nitrogen and oxygen atoms in total. The van der Waals surface area contributed by atoms with Gasteiger partial charge in [0, 0.05) is 19.2 Å². The fourth-order valence-electron chi connectivity index (χ4n) is 1.18. The normalized spacial score (nSPS) is 10.4. The van der Waals surface area contributed by atoms with E-state index in [0.717, 1.165) is 16.9 Å². The van der Waals surface area contributed by atoms with Crippen LogP contribution in [0.2, 0.25) is 4.47 Å². The molecule has 7 heteroatoms. The Hall–Kier alpha value is -1.40. The average molecular weight is 258 g/mol. The molecule has 0 aliphatic carbocycles. The number of aromatic nitrogens is 2. The Morgan fingerprint density at radius 3 is 3.00 bits per heavy atom. The second-order valence-corrected chi connectivity index (χ2v) is 4.71. The third kappa shape index (κ3) is 2.40. The third-order valence-electron chi connectivity index (χ3n) is 1.93. The van der Waals surface area contributed by atoms with Gasteiger partial charge in [-0.25, -0.2) is 0 Å². The summed E-state index contributed by atoms with van der Waals surface area (Å²) in [5.41, 5.74) is 0.923. The molecule has 0 aliphatic rings. The fourth-order valence-corrected chi connectivity index (χ4v) is 2.01. The number of nitrogens with zero attached hydrogens (tertiary/aromatic N) is 3. The molecule has 0 N–H and O–H groups in total. The average Bonchev–Trinajstić information content (AvgIpc) is 2.88. The lowest BCUT2D eigenvalue weighted by atomic mass is 10.3. The minimum absolute atomic E-state index is 0.203. The van der Waals surface area contributed by atoms with E-state index in [9.17, 15) is 4.79 Å². The van der Waals surface area contributed by atoms with E-state index >= 15 is 0 Å². The predicted octanol–water partition coefficient (Wildman–Crippen LogP) is 2.06. The van der Waals surface area contributed by atoms with Crippen molar-refractivity contribution >= 4 is 28.8 Å². The maximum absolute atomic E-state index is 11.8. The van der Waals surface area contributed by atoms with E-state index in [1.165, 1.54) is 4.90 Å². The molecule has 0 bridgehead atoms. The zero-order chi connectivity index (χ0) is 11.5. The summed E-state index contributed by atoms with van der Waals surface area (Å²) in [5, 5.41) is 7.56. The SMILES string of the molecule is CN(Cc1ccoc1)C(=O)c1nnc(Cl)s1. The van der Waals surface area contributed by atoms with Crippen molar-refractivity contribution in [1.82, 2.24) is 15.1 Å². The predicted molar refractivity (Wildman–Crippen MR) is 59.4 cm³/mol. The fraction of sp³-hybridized carbons (Fsp3) is 0.222. The van der Waals surface area contributed by atoms with Gasteiger partial charge in [-0.05, 0) is 17.7 Å². The zero-order valence-electron chi connectivity index (χ0n) is 8.38. The number of hydrogen-bond donors (Lipinski definition) is 0. The molecule has 0 aromatic carbocycles. The molecule has 16 heavy (non-hydrogen) atoms. The third-order valence-corrected chi connectivity index (χ3v) is 2.94. The van der Waals surface area contributed by atoms with Crippen LogP contribution < -0.4 is 0 Å². The molecule has 1 amide bonds. The highest BCUT2D eigenvalue weighted by Gasteiger charge is 2.17. The highest BCUT2D eigenvalue weighted by Crippen LogP contribution is 2.17. The lowest BCUT2D eigenvalue weighted by Gasteiger charge is -2.13. The largest absolute Gasteiger partial charge is 0.472 e. The Morgan fingerprint density at radius 1 is 1.62 bits per heavy atom. The number of amides is 1. The first kappa shape index (κ1) is 11.1. The highest BCUT2D eigenvalue weighted by atomic mass is 35.5. The van der Waals surface area contributed by atoms with Crippen molar-refractivity contribution in [1.29, 1.82) is 0 Å². The van der Waals surface area contributed by atoms with Gasteiger partial charge in [-0.3, -0.25) is 4.79 Å². The molecular weight excluding hydrogens is 250 g/mol. The van der Waals surface area contributed by atoms with Crippen LogP contribution in [0, 0.1) is 0 Å². The molecule has 2 aromatic heterocycles. The van der Waals surface area contributed by atoms with Crippen molar-refractivity contribution < 1.29 is 9.21 Å². The minimum Gasteiger partial charge on any atom is -0.472 e. The molecule has 2 rings (SSSR count). The number of rotatable bonds is 3. The van der Waals surface area contributed by atoms with Gasteiger partial charge in [-0.2, -0.15) is 0 Å². The van der Waals surface area contributed by atoms with Crippen LogP contribution >= 0.6 is 22.9 Å². The Kier molecular flexibility index (Phi) is 3.21. The molecule has 0 saturated heterocycles. The maximum Gasteiger partial charge on any atom is 0.284 e. The number of halogens is 1. The minimum atomic E-state index is -0.203. The highest BCUT2D eigenvalue weighted by molar-refractivity contribution is 7.17. The van der Waals surface area contributed by atoms with Crippen molar-refractivity contribution in [3.8, 4) is 0 Å². The van der Waals surface area contributed by atoms with Crippen LogP contribution in [0.25, 0.3) is 0 Å². The molecular formula is C9H8ClN3O2S. The number of carbonyl (C=O) groups is 1. The summed E-state index contributed by atoms with van der Waals surface area (Å²) in [6.45, 7) is 0.465. The summed E-state index contributed by atoms with van der Waals surface area (Å²) in [7, 11) is 1.69. The number of hydrogen-bond acceptors (Lipinski definition) is 5. The van der Waals surface area contributed by atoms with Gasteiger partial charge in [0.1, 0.15) is 0 Å². The summed E-state index contributed by atoms with van der Waals surface area (Å²) < 4.78 is 5.18. The standard InChI is InChI=1S/C9H8ClN3O2S/c1-13(4-6-2-3-15-5-6)8(14)7-11-12-9(10)16-7/h2-3,5H,4H2,1H3. The quantitative estimate of drug-likeness (QED) is 0.844. The molecule has 0 radical (unpaired) electrons. The first-order valence-electron chi connectivity index (χ1n) is 4.42. The smallest absolute Gasteiger partial charge is 0.284 e. The summed E-state index contributed by atoms with van der Waals surface area (Å²) in [4.78, 5) is 13.4. The monoisotopic (exact) mass is 257 g/mol. The van der Waals surface area contributed by atoms with Gasteiger partial charge < -0.3 is 9.32 Å². The zero-order valence-corrected chi connectivity index (χ0v) is 9.96. The topological polar surface area (TPSA) is 59.2 Å². The van der Waals surface area contributed by atoms with Crippen LogP contribution in [0.3, 0.4) is 0 Å². The summed E-state index contributed by atoms with van der Waals surface area (Å²) in [5.74, 6) is -0.203. The molecule has 0 aliphatic heterocycles. The van der Waals surface area contributed by atoms with Gasteiger partial charge in [0.25, 0.3) is 5.91 Å². The second kappa shape index (κ2) is 4.63. The summed E-state index contributed by atoms with van der Waals surface area (Å²) >= 11 is 6.68. The molecule has 2 heterocycles. The maximum atomic E-state index is 11.8. The van der Waals surface area contributed by atoms with Crippen molar-refractivity contribution in [2.75, 3.05) is 7.05 Å². The van der Waals surface area contributed by atoms with Crippen LogP contribution in [0.15, 0.2) is 23.0 Å². The van der Waals surface area contributed by atoms with Crippen LogP contribution in [0.1, 0.15) is 15.4 Å². The van der Waals surface area contributed by atoms with Crippen LogP contribution in [-0.4, -0.2) is 28.1 Å². The van der Waals surface area contributed by atoms with Crippen LogP contribution in [0.4, 0.5) is 0 Å². The van der Waals surface area contributed by atoms with Gasteiger partial charge in [0.05, 0.1) is 12.5 Å². The first-order chi connectivity index (χ1) is 7.66. The molecule has 0 fully saturated rings. The molecule has 0 saturated carbocycles. The molecule has 84 valence electrons. The number of furan rings is 1. The van der Waals surface area contributed by atoms with E-state index in [4.69, 9.17) is 16.0 Å². The van der Waals surface area contributed by atoms with E-state index in [1.54, 1.807) is 25.6 Å². The van der Waals surface area contributed by atoms with Crippen molar-refractivity contribution in [3.63, 3.8) is 0 Å². The lowest BCUT2D eigenvalue weighted by Crippen LogP contribution is -2.25. The summed E-state index contributed by atoms with van der Waals surface area (Å²) in [6, 6.07) is 1.80. The molecule has 0 unspecified atom stereocenters. The Bertz CT molecular complexity index is 483. The van der Waals surface area contributed by atoms with Crippen LogP contribution in [-0.2, 0) is 6.54 Å². The van der Waals surface area contributed by atoms with Gasteiger partial charge in [0.2, 0.25) is 9.47 Å². The van der Waals surface area contributed by atoms with Gasteiger partial charge in [-0.15, -0.1) is 10.2 Å². The van der Waals surface area contributed by atoms with Gasteiger partial charge in [0.15, 0.2) is 0 Å². The van der Waals surface area contributed by atoms with Crippen molar-refractivity contribution in [2.45, 2.75) is 6.54 Å². The summed E-state index contributed by atoms with van der Waals surface area (Å²) in [6.07, 6.45) is 3.16. The Balaban J connectivity index is 2.05. The van der Waals surface area contributed by atoms with E-state index in [0.29, 0.717) is 6.54 Å². The lowest BCUT2D eigenvalue weighted by molar-refractivity contribution is 0.0783. The Morgan fingerprint density at radius 2 is 2.44 bits per heavy atom. The molecule has 0 spiro atoms. The number of carbonyl (C=O) groups excluding carboxylic acids is 1. The molecule has 2 aromatic rings. The second-order valence-electron chi connectivity index (χ2n) is 3.15. The van der Waals surface area contributed by atoms with Crippen molar-refractivity contribution in [3.05, 3.63) is 33.6 Å². The first-order valence-corrected chi connectivity index (χ1v) is 5.62. The van der Waals surface area contributed by atoms with Gasteiger partial charge in [-0.1, -0.05) is 11.3 Å².